The van der Waals surface area contributed by atoms with Crippen LogP contribution in [0, 0.1) is 0 Å². The monoisotopic (exact) mass is 356 g/mol. The zero-order valence-electron chi connectivity index (χ0n) is 12.6. The normalized spacial score (nSPS) is 10.2. The number of nitrogens with one attached hydrogen (secondary N) is 2. The SMILES string of the molecule is O=C(Nc1cc(Cl)cc(Cl)c1)Nc1cccc(-c2ccccc2)c1. The Morgan fingerprint density at radius 3 is 2.00 bits per heavy atom. The fourth-order valence-electron chi connectivity index (χ4n) is 2.33. The molecule has 120 valence electrons. The Balaban J connectivity index is 1.73. The fourth-order valence-corrected chi connectivity index (χ4v) is 2.85. The minimum atomic E-state index is -0.362. The van der Waals surface area contributed by atoms with Crippen molar-refractivity contribution in [3.05, 3.63) is 82.8 Å². The Labute approximate surface area is 150 Å². The van der Waals surface area contributed by atoms with Gasteiger partial charge in [0.05, 0.1) is 0 Å². The summed E-state index contributed by atoms with van der Waals surface area (Å²) in [4.78, 5) is 12.1. The second-order valence-electron chi connectivity index (χ2n) is 5.18. The van der Waals surface area contributed by atoms with Gasteiger partial charge in [0.15, 0.2) is 0 Å². The summed E-state index contributed by atoms with van der Waals surface area (Å²) < 4.78 is 0. The number of rotatable bonds is 3. The number of amides is 2. The van der Waals surface area contributed by atoms with Gasteiger partial charge in [-0.2, -0.15) is 0 Å². The van der Waals surface area contributed by atoms with Gasteiger partial charge in [0, 0.05) is 21.4 Å². The Morgan fingerprint density at radius 1 is 0.667 bits per heavy atom. The van der Waals surface area contributed by atoms with Crippen LogP contribution < -0.4 is 10.6 Å². The first-order valence-corrected chi connectivity index (χ1v) is 8.05. The maximum absolute atomic E-state index is 12.1. The van der Waals surface area contributed by atoms with Gasteiger partial charge >= 0.3 is 6.03 Å². The van der Waals surface area contributed by atoms with Crippen molar-refractivity contribution < 1.29 is 4.79 Å². The molecule has 0 unspecified atom stereocenters. The lowest BCUT2D eigenvalue weighted by Crippen LogP contribution is -2.19. The standard InChI is InChI=1S/C19H14Cl2N2O/c20-15-10-16(21)12-18(11-15)23-19(24)22-17-8-4-7-14(9-17)13-5-2-1-3-6-13/h1-12H,(H2,22,23,24). The highest BCUT2D eigenvalue weighted by Gasteiger charge is 2.06. The van der Waals surface area contributed by atoms with E-state index in [4.69, 9.17) is 23.2 Å². The molecule has 0 aliphatic carbocycles. The molecule has 0 aromatic heterocycles. The predicted octanol–water partition coefficient (Wildman–Crippen LogP) is 6.30. The summed E-state index contributed by atoms with van der Waals surface area (Å²) in [5.74, 6) is 0. The van der Waals surface area contributed by atoms with Gasteiger partial charge in [-0.05, 0) is 41.5 Å². The molecule has 0 aliphatic rings. The molecular weight excluding hydrogens is 343 g/mol. The number of hydrogen-bond acceptors (Lipinski definition) is 1. The fraction of sp³-hybridized carbons (Fsp3) is 0. The van der Waals surface area contributed by atoms with Crippen LogP contribution in [-0.4, -0.2) is 6.03 Å². The second-order valence-corrected chi connectivity index (χ2v) is 6.06. The average Bonchev–Trinajstić information content (AvgIpc) is 2.55. The lowest BCUT2D eigenvalue weighted by atomic mass is 10.1. The maximum atomic E-state index is 12.1. The van der Waals surface area contributed by atoms with Crippen molar-refractivity contribution in [1.82, 2.24) is 0 Å². The van der Waals surface area contributed by atoms with Crippen LogP contribution in [0.15, 0.2) is 72.8 Å². The van der Waals surface area contributed by atoms with Gasteiger partial charge < -0.3 is 10.6 Å². The van der Waals surface area contributed by atoms with Crippen molar-refractivity contribution in [2.45, 2.75) is 0 Å². The van der Waals surface area contributed by atoms with Crippen LogP contribution >= 0.6 is 23.2 Å². The van der Waals surface area contributed by atoms with Crippen molar-refractivity contribution in [1.29, 1.82) is 0 Å². The van der Waals surface area contributed by atoms with E-state index in [-0.39, 0.29) is 6.03 Å². The molecule has 2 N–H and O–H groups in total. The molecule has 3 aromatic carbocycles. The van der Waals surface area contributed by atoms with Gasteiger partial charge in [-0.3, -0.25) is 0 Å². The van der Waals surface area contributed by atoms with Crippen molar-refractivity contribution in [3.8, 4) is 11.1 Å². The molecule has 0 atom stereocenters. The number of hydrogen-bond donors (Lipinski definition) is 2. The van der Waals surface area contributed by atoms with E-state index in [2.05, 4.69) is 10.6 Å². The van der Waals surface area contributed by atoms with Gasteiger partial charge in [-0.15, -0.1) is 0 Å². The van der Waals surface area contributed by atoms with E-state index in [1.807, 2.05) is 54.6 Å². The van der Waals surface area contributed by atoms with Crippen molar-refractivity contribution >= 4 is 40.6 Å². The molecule has 3 nitrogen and oxygen atoms in total. The Morgan fingerprint density at radius 2 is 1.29 bits per heavy atom. The Kier molecular flexibility index (Phi) is 5.04. The predicted molar refractivity (Wildman–Crippen MR) is 101 cm³/mol. The molecule has 0 fully saturated rings. The summed E-state index contributed by atoms with van der Waals surface area (Å²) in [6.45, 7) is 0. The van der Waals surface area contributed by atoms with Crippen LogP contribution in [0.4, 0.5) is 16.2 Å². The van der Waals surface area contributed by atoms with E-state index in [9.17, 15) is 4.79 Å². The Hall–Kier alpha value is -2.49. The van der Waals surface area contributed by atoms with E-state index in [1.54, 1.807) is 18.2 Å². The molecule has 2 amide bonds. The molecule has 0 radical (unpaired) electrons. The van der Waals surface area contributed by atoms with E-state index >= 15 is 0 Å². The molecular formula is C19H14Cl2N2O. The van der Waals surface area contributed by atoms with Crippen LogP contribution in [0.1, 0.15) is 0 Å². The summed E-state index contributed by atoms with van der Waals surface area (Å²) in [5.41, 5.74) is 3.34. The van der Waals surface area contributed by atoms with Crippen LogP contribution in [0.25, 0.3) is 11.1 Å². The van der Waals surface area contributed by atoms with Gasteiger partial charge in [0.25, 0.3) is 0 Å². The minimum Gasteiger partial charge on any atom is -0.308 e. The Bertz CT molecular complexity index is 846. The lowest BCUT2D eigenvalue weighted by molar-refractivity contribution is 0.262. The molecule has 0 bridgehead atoms. The average molecular weight is 357 g/mol. The molecule has 0 heterocycles. The smallest absolute Gasteiger partial charge is 0.308 e. The molecule has 0 saturated heterocycles. The number of halogens is 2. The highest BCUT2D eigenvalue weighted by Crippen LogP contribution is 2.24. The third kappa shape index (κ3) is 4.28. The van der Waals surface area contributed by atoms with Gasteiger partial charge in [0.1, 0.15) is 0 Å². The topological polar surface area (TPSA) is 41.1 Å². The molecule has 3 rings (SSSR count). The zero-order chi connectivity index (χ0) is 16.9. The van der Waals surface area contributed by atoms with Crippen LogP contribution in [0.2, 0.25) is 10.0 Å². The van der Waals surface area contributed by atoms with Crippen LogP contribution in [0.3, 0.4) is 0 Å². The van der Waals surface area contributed by atoms with Gasteiger partial charge in [-0.25, -0.2) is 4.79 Å². The summed E-state index contributed by atoms with van der Waals surface area (Å²) in [5, 5.41) is 6.44. The minimum absolute atomic E-state index is 0.362. The number of carbonyl (C=O) groups is 1. The third-order valence-electron chi connectivity index (χ3n) is 3.35. The number of carbonyl (C=O) groups excluding carboxylic acids is 1. The molecule has 24 heavy (non-hydrogen) atoms. The summed E-state index contributed by atoms with van der Waals surface area (Å²) in [6, 6.07) is 22.1. The zero-order valence-corrected chi connectivity index (χ0v) is 14.1. The van der Waals surface area contributed by atoms with E-state index in [0.717, 1.165) is 11.1 Å². The molecule has 0 saturated carbocycles. The molecule has 0 spiro atoms. The lowest BCUT2D eigenvalue weighted by Gasteiger charge is -2.10. The second kappa shape index (κ2) is 7.39. The van der Waals surface area contributed by atoms with E-state index in [1.165, 1.54) is 0 Å². The highest BCUT2D eigenvalue weighted by molar-refractivity contribution is 6.35. The quantitative estimate of drug-likeness (QED) is 0.567. The van der Waals surface area contributed by atoms with E-state index in [0.29, 0.717) is 21.4 Å². The van der Waals surface area contributed by atoms with Crippen molar-refractivity contribution in [2.75, 3.05) is 10.6 Å². The maximum Gasteiger partial charge on any atom is 0.323 e. The van der Waals surface area contributed by atoms with Gasteiger partial charge in [0.2, 0.25) is 0 Å². The van der Waals surface area contributed by atoms with Crippen molar-refractivity contribution in [2.24, 2.45) is 0 Å². The number of benzene rings is 3. The molecule has 5 heteroatoms. The molecule has 3 aromatic rings. The van der Waals surface area contributed by atoms with Gasteiger partial charge in [-0.1, -0.05) is 65.7 Å². The number of anilines is 2. The first-order valence-electron chi connectivity index (χ1n) is 7.30. The summed E-state index contributed by atoms with van der Waals surface area (Å²) >= 11 is 11.9. The highest BCUT2D eigenvalue weighted by atomic mass is 35.5. The van der Waals surface area contributed by atoms with Crippen molar-refractivity contribution in [3.63, 3.8) is 0 Å². The number of urea groups is 1. The molecule has 0 aliphatic heterocycles. The largest absolute Gasteiger partial charge is 0.323 e. The third-order valence-corrected chi connectivity index (χ3v) is 3.78. The van der Waals surface area contributed by atoms with E-state index < -0.39 is 0 Å². The first kappa shape index (κ1) is 16.4. The summed E-state index contributed by atoms with van der Waals surface area (Å²) in [7, 11) is 0. The summed E-state index contributed by atoms with van der Waals surface area (Å²) in [6.07, 6.45) is 0. The first-order chi connectivity index (χ1) is 11.6. The van der Waals surface area contributed by atoms with Crippen LogP contribution in [-0.2, 0) is 0 Å². The van der Waals surface area contributed by atoms with Crippen LogP contribution in [0.5, 0.6) is 0 Å².